The Hall–Kier alpha value is -2.70. The molecule has 0 radical (unpaired) electrons. The first-order valence-electron chi connectivity index (χ1n) is 11.2. The van der Waals surface area contributed by atoms with Crippen molar-refractivity contribution in [3.05, 3.63) is 69.7 Å². The van der Waals surface area contributed by atoms with Crippen LogP contribution in [0.25, 0.3) is 0 Å². The van der Waals surface area contributed by atoms with Gasteiger partial charge in [0, 0.05) is 17.5 Å². The summed E-state index contributed by atoms with van der Waals surface area (Å²) in [6.07, 6.45) is 0.0789. The summed E-state index contributed by atoms with van der Waals surface area (Å²) in [5.74, 6) is -1.39. The molecule has 0 amide bonds. The van der Waals surface area contributed by atoms with E-state index in [1.165, 1.54) is 13.8 Å². The van der Waals surface area contributed by atoms with Gasteiger partial charge in [0.25, 0.3) is 0 Å². The molecule has 35 heavy (non-hydrogen) atoms. The lowest BCUT2D eigenvalue weighted by Crippen LogP contribution is -2.35. The van der Waals surface area contributed by atoms with Crippen LogP contribution in [0.2, 0.25) is 10.0 Å². The Morgan fingerprint density at radius 2 is 1.14 bits per heavy atom. The van der Waals surface area contributed by atoms with Gasteiger partial charge in [0.1, 0.15) is 5.41 Å². The van der Waals surface area contributed by atoms with Gasteiger partial charge in [-0.3, -0.25) is 19.2 Å². The van der Waals surface area contributed by atoms with E-state index < -0.39 is 16.8 Å². The lowest BCUT2D eigenvalue weighted by atomic mass is 9.84. The fourth-order valence-electron chi connectivity index (χ4n) is 2.97. The number of carbonyl (C=O) groups is 4. The standard InChI is InChI=1S/C14H17ClO3.C13H15ClO3/c1-4-18-13(17)14(2,3)9-12(16)10-7-5-6-8-11(10)15;1-4-17-12(16)13(2,3)11(15)9-7-5-6-8-10(9)14/h5-8H,4,9H2,1-3H3;5-8H,4H2,1-3H3. The topological polar surface area (TPSA) is 86.7 Å². The van der Waals surface area contributed by atoms with Crippen LogP contribution in [0.15, 0.2) is 48.5 Å². The maximum absolute atomic E-state index is 12.2. The van der Waals surface area contributed by atoms with E-state index in [9.17, 15) is 19.2 Å². The van der Waals surface area contributed by atoms with E-state index in [-0.39, 0.29) is 30.6 Å². The van der Waals surface area contributed by atoms with E-state index in [2.05, 4.69) is 0 Å². The average molecular weight is 523 g/mol. The summed E-state index contributed by atoms with van der Waals surface area (Å²) in [6.45, 7) is 10.5. The largest absolute Gasteiger partial charge is 0.466 e. The zero-order chi connectivity index (χ0) is 26.8. The van der Waals surface area contributed by atoms with Crippen LogP contribution < -0.4 is 0 Å². The van der Waals surface area contributed by atoms with Gasteiger partial charge in [0.15, 0.2) is 11.6 Å². The van der Waals surface area contributed by atoms with E-state index in [0.29, 0.717) is 27.8 Å². The smallest absolute Gasteiger partial charge is 0.319 e. The molecule has 0 saturated carbocycles. The maximum atomic E-state index is 12.2. The number of halogens is 2. The fraction of sp³-hybridized carbons (Fsp3) is 0.407. The molecule has 0 heterocycles. The van der Waals surface area contributed by atoms with Gasteiger partial charge < -0.3 is 9.47 Å². The number of Topliss-reactive ketones (excluding diaryl/α,β-unsaturated/α-hetero) is 2. The number of hydrogen-bond donors (Lipinski definition) is 0. The maximum Gasteiger partial charge on any atom is 0.319 e. The molecule has 6 nitrogen and oxygen atoms in total. The molecule has 0 bridgehead atoms. The zero-order valence-corrected chi connectivity index (χ0v) is 22.5. The van der Waals surface area contributed by atoms with Crippen molar-refractivity contribution in [1.82, 2.24) is 0 Å². The monoisotopic (exact) mass is 522 g/mol. The molecule has 0 aliphatic carbocycles. The number of carbonyl (C=O) groups excluding carboxylic acids is 4. The fourth-order valence-corrected chi connectivity index (χ4v) is 3.43. The second-order valence-electron chi connectivity index (χ2n) is 8.84. The third-order valence-corrected chi connectivity index (χ3v) is 5.74. The van der Waals surface area contributed by atoms with Gasteiger partial charge in [-0.1, -0.05) is 47.5 Å². The van der Waals surface area contributed by atoms with Gasteiger partial charge in [-0.05, 0) is 65.8 Å². The highest BCUT2D eigenvalue weighted by atomic mass is 35.5. The van der Waals surface area contributed by atoms with Gasteiger partial charge in [-0.2, -0.15) is 0 Å². The summed E-state index contributed by atoms with van der Waals surface area (Å²) in [7, 11) is 0. The number of benzene rings is 2. The summed E-state index contributed by atoms with van der Waals surface area (Å²) < 4.78 is 9.84. The Morgan fingerprint density at radius 3 is 1.60 bits per heavy atom. The molecule has 2 rings (SSSR count). The van der Waals surface area contributed by atoms with Crippen molar-refractivity contribution in [3.63, 3.8) is 0 Å². The van der Waals surface area contributed by atoms with E-state index in [1.54, 1.807) is 76.2 Å². The summed E-state index contributed by atoms with van der Waals surface area (Å²) in [5.41, 5.74) is -1.28. The van der Waals surface area contributed by atoms with Gasteiger partial charge in [-0.25, -0.2) is 0 Å². The Bertz CT molecular complexity index is 1060. The Labute approximate surface area is 216 Å². The minimum absolute atomic E-state index is 0.0789. The van der Waals surface area contributed by atoms with Crippen molar-refractivity contribution < 1.29 is 28.7 Å². The normalized spacial score (nSPS) is 11.1. The lowest BCUT2D eigenvalue weighted by Gasteiger charge is -2.21. The number of ether oxygens (including phenoxy) is 2. The van der Waals surface area contributed by atoms with Crippen molar-refractivity contribution in [2.45, 2.75) is 48.0 Å². The first-order valence-corrected chi connectivity index (χ1v) is 12.0. The molecule has 0 spiro atoms. The van der Waals surface area contributed by atoms with Crippen LogP contribution in [-0.4, -0.2) is 36.7 Å². The van der Waals surface area contributed by atoms with Crippen LogP contribution in [0.3, 0.4) is 0 Å². The molecule has 0 aliphatic rings. The highest BCUT2D eigenvalue weighted by molar-refractivity contribution is 6.35. The second kappa shape index (κ2) is 13.4. The molecule has 8 heteroatoms. The van der Waals surface area contributed by atoms with Gasteiger partial charge in [0.2, 0.25) is 0 Å². The molecule has 0 aliphatic heterocycles. The molecular formula is C27H32Cl2O6. The van der Waals surface area contributed by atoms with Crippen molar-refractivity contribution in [2.24, 2.45) is 10.8 Å². The third-order valence-electron chi connectivity index (χ3n) is 5.08. The molecule has 0 saturated heterocycles. The quantitative estimate of drug-likeness (QED) is 0.209. The van der Waals surface area contributed by atoms with Gasteiger partial charge in [-0.15, -0.1) is 0 Å². The molecule has 0 unspecified atom stereocenters. The Kier molecular flexibility index (Phi) is 11.6. The predicted octanol–water partition coefficient (Wildman–Crippen LogP) is 6.61. The molecule has 0 aromatic heterocycles. The van der Waals surface area contributed by atoms with Gasteiger partial charge in [0.05, 0.1) is 28.7 Å². The number of ketones is 2. The van der Waals surface area contributed by atoms with E-state index in [0.717, 1.165) is 0 Å². The molecule has 190 valence electrons. The number of rotatable bonds is 9. The minimum Gasteiger partial charge on any atom is -0.466 e. The average Bonchev–Trinajstić information content (AvgIpc) is 2.79. The molecular weight excluding hydrogens is 491 g/mol. The third kappa shape index (κ3) is 8.48. The summed E-state index contributed by atoms with van der Waals surface area (Å²) >= 11 is 11.9. The van der Waals surface area contributed by atoms with Crippen molar-refractivity contribution >= 4 is 46.7 Å². The first kappa shape index (κ1) is 30.3. The summed E-state index contributed by atoms with van der Waals surface area (Å²) in [4.78, 5) is 47.7. The summed E-state index contributed by atoms with van der Waals surface area (Å²) in [6, 6.07) is 13.5. The molecule has 0 fully saturated rings. The van der Waals surface area contributed by atoms with Crippen molar-refractivity contribution in [1.29, 1.82) is 0 Å². The highest BCUT2D eigenvalue weighted by Gasteiger charge is 2.38. The van der Waals surface area contributed by atoms with Crippen molar-refractivity contribution in [2.75, 3.05) is 13.2 Å². The Balaban J connectivity index is 0.000000351. The second-order valence-corrected chi connectivity index (χ2v) is 9.65. The van der Waals surface area contributed by atoms with Crippen LogP contribution >= 0.6 is 23.2 Å². The zero-order valence-electron chi connectivity index (χ0n) is 20.9. The Morgan fingerprint density at radius 1 is 0.714 bits per heavy atom. The molecule has 2 aromatic rings. The molecule has 0 atom stereocenters. The van der Waals surface area contributed by atoms with Crippen LogP contribution in [0, 0.1) is 10.8 Å². The van der Waals surface area contributed by atoms with Crippen LogP contribution in [0.4, 0.5) is 0 Å². The van der Waals surface area contributed by atoms with Crippen LogP contribution in [0.5, 0.6) is 0 Å². The van der Waals surface area contributed by atoms with E-state index in [4.69, 9.17) is 32.7 Å². The van der Waals surface area contributed by atoms with E-state index in [1.807, 2.05) is 0 Å². The number of esters is 2. The number of hydrogen-bond acceptors (Lipinski definition) is 6. The lowest BCUT2D eigenvalue weighted by molar-refractivity contribution is -0.153. The minimum atomic E-state index is -1.22. The summed E-state index contributed by atoms with van der Waals surface area (Å²) in [5, 5.41) is 0.747. The predicted molar refractivity (Wildman–Crippen MR) is 137 cm³/mol. The highest BCUT2D eigenvalue weighted by Crippen LogP contribution is 2.28. The molecule has 0 N–H and O–H groups in total. The molecule has 2 aromatic carbocycles. The first-order chi connectivity index (χ1) is 16.3. The van der Waals surface area contributed by atoms with Crippen LogP contribution in [0.1, 0.15) is 68.7 Å². The van der Waals surface area contributed by atoms with Gasteiger partial charge >= 0.3 is 11.9 Å². The SMILES string of the molecule is CCOC(=O)C(C)(C)C(=O)c1ccccc1Cl.CCOC(=O)C(C)(C)CC(=O)c1ccccc1Cl. The van der Waals surface area contributed by atoms with E-state index >= 15 is 0 Å². The van der Waals surface area contributed by atoms with Crippen molar-refractivity contribution in [3.8, 4) is 0 Å². The van der Waals surface area contributed by atoms with Crippen LogP contribution in [-0.2, 0) is 19.1 Å².